The number of nitrogen functional groups attached to an aromatic ring is 1. The van der Waals surface area contributed by atoms with Gasteiger partial charge in [-0.25, -0.2) is 4.98 Å². The molecule has 6 N–H and O–H groups in total. The van der Waals surface area contributed by atoms with Crippen molar-refractivity contribution < 1.29 is 43.9 Å². The zero-order chi connectivity index (χ0) is 25.0. The number of hydrogen-bond donors (Lipinski definition) is 5. The number of carbonyl (C=O) groups is 2. The highest BCUT2D eigenvalue weighted by Crippen LogP contribution is 2.37. The van der Waals surface area contributed by atoms with Gasteiger partial charge in [-0.3, -0.25) is 23.9 Å². The Hall–Kier alpha value is -3.11. The van der Waals surface area contributed by atoms with E-state index in [1.807, 2.05) is 0 Å². The van der Waals surface area contributed by atoms with Crippen LogP contribution in [0.1, 0.15) is 20.3 Å². The van der Waals surface area contributed by atoms with E-state index in [9.17, 15) is 29.7 Å². The zero-order valence-electron chi connectivity index (χ0n) is 18.5. The van der Waals surface area contributed by atoms with Crippen molar-refractivity contribution in [2.45, 2.75) is 50.4 Å². The quantitative estimate of drug-likeness (QED) is 0.172. The number of rotatable bonds is 10. The fourth-order valence-electron chi connectivity index (χ4n) is 3.66. The molecule has 3 rings (SSSR count). The van der Waals surface area contributed by atoms with E-state index in [1.165, 1.54) is 24.7 Å². The lowest BCUT2D eigenvalue weighted by molar-refractivity contribution is -0.183. The Bertz CT molecular complexity index is 1090. The first-order chi connectivity index (χ1) is 16.1. The first kappa shape index (κ1) is 25.5. The average molecular weight is 485 g/mol. The third kappa shape index (κ3) is 5.18. The largest absolute Gasteiger partial charge is 0.462 e. The number of aromatic nitrogens is 4. The van der Waals surface area contributed by atoms with Gasteiger partial charge in [0, 0.05) is 20.3 Å². The summed E-state index contributed by atoms with van der Waals surface area (Å²) in [5.41, 5.74) is 3.05. The molecule has 34 heavy (non-hydrogen) atoms. The molecule has 0 bridgehead atoms. The minimum atomic E-state index is -1.83. The van der Waals surface area contributed by atoms with Gasteiger partial charge in [0.15, 0.2) is 16.9 Å². The molecule has 2 aromatic rings. The normalized spacial score (nSPS) is 25.4. The predicted octanol–water partition coefficient (Wildman–Crippen LogP) is -2.63. The fourth-order valence-corrected chi connectivity index (χ4v) is 3.66. The number of anilines is 1. The van der Waals surface area contributed by atoms with Gasteiger partial charge in [-0.05, 0) is 0 Å². The summed E-state index contributed by atoms with van der Waals surface area (Å²) < 4.78 is 22.7. The minimum Gasteiger partial charge on any atom is -0.462 e. The van der Waals surface area contributed by atoms with Gasteiger partial charge in [0.25, 0.3) is 5.56 Å². The monoisotopic (exact) mass is 485 g/mol. The molecule has 188 valence electrons. The van der Waals surface area contributed by atoms with Crippen molar-refractivity contribution in [2.24, 2.45) is 0 Å². The number of H-pyrrole nitrogens is 1. The molecule has 1 aliphatic rings. The highest BCUT2D eigenvalue weighted by atomic mass is 16.6. The van der Waals surface area contributed by atoms with Crippen LogP contribution in [-0.2, 0) is 34.3 Å². The molecule has 0 saturated carbocycles. The summed E-state index contributed by atoms with van der Waals surface area (Å²) in [6.45, 7) is 1.21. The van der Waals surface area contributed by atoms with E-state index in [1.54, 1.807) is 0 Å². The highest BCUT2D eigenvalue weighted by Gasteiger charge is 2.56. The molecule has 1 unspecified atom stereocenters. The molecule has 0 amide bonds. The lowest BCUT2D eigenvalue weighted by atomic mass is 10.0. The number of hydrogen-bond acceptors (Lipinski definition) is 13. The van der Waals surface area contributed by atoms with E-state index in [0.29, 0.717) is 0 Å². The van der Waals surface area contributed by atoms with Crippen LogP contribution in [0.4, 0.5) is 5.95 Å². The second kappa shape index (κ2) is 10.4. The number of aliphatic hydroxyl groups is 3. The van der Waals surface area contributed by atoms with Crippen molar-refractivity contribution in [1.29, 1.82) is 0 Å². The molecule has 3 heterocycles. The summed E-state index contributed by atoms with van der Waals surface area (Å²) in [5, 5.41) is 30.8. The van der Waals surface area contributed by atoms with E-state index < -0.39 is 54.2 Å². The first-order valence-corrected chi connectivity index (χ1v) is 10.4. The predicted molar refractivity (Wildman–Crippen MR) is 112 cm³/mol. The molecule has 5 atom stereocenters. The van der Waals surface area contributed by atoms with Crippen LogP contribution in [-0.4, -0.2) is 97.6 Å². The molecular formula is C19H27N5O10. The number of nitrogens with two attached hydrogens (primary N) is 1. The maximum atomic E-state index is 12.2. The molecule has 15 nitrogen and oxygen atoms in total. The Morgan fingerprint density at radius 3 is 2.71 bits per heavy atom. The van der Waals surface area contributed by atoms with Crippen molar-refractivity contribution in [3.05, 3.63) is 16.7 Å². The summed E-state index contributed by atoms with van der Waals surface area (Å²) in [5.74, 6) is -1.33. The van der Waals surface area contributed by atoms with Gasteiger partial charge >= 0.3 is 11.9 Å². The van der Waals surface area contributed by atoms with Crippen LogP contribution >= 0.6 is 0 Å². The second-order valence-corrected chi connectivity index (χ2v) is 7.73. The van der Waals surface area contributed by atoms with E-state index in [0.717, 1.165) is 0 Å². The first-order valence-electron chi connectivity index (χ1n) is 10.4. The maximum absolute atomic E-state index is 12.2. The number of carbonyl (C=O) groups excluding carboxylic acids is 2. The van der Waals surface area contributed by atoms with Crippen LogP contribution in [0.25, 0.3) is 11.2 Å². The topological polar surface area (TPSA) is 221 Å². The van der Waals surface area contributed by atoms with Crippen molar-refractivity contribution in [3.63, 3.8) is 0 Å². The number of aromatic amines is 1. The summed E-state index contributed by atoms with van der Waals surface area (Å²) in [6.07, 6.45) is -3.77. The van der Waals surface area contributed by atoms with Crippen LogP contribution in [0.15, 0.2) is 11.1 Å². The number of esters is 2. The minimum absolute atomic E-state index is 0.0395. The summed E-state index contributed by atoms with van der Waals surface area (Å²) in [4.78, 5) is 44.9. The van der Waals surface area contributed by atoms with E-state index in [4.69, 9.17) is 24.7 Å². The number of ether oxygens (including phenoxy) is 4. The van der Waals surface area contributed by atoms with Crippen LogP contribution in [0, 0.1) is 0 Å². The number of nitrogens with zero attached hydrogens (tertiary/aromatic N) is 3. The Labute approximate surface area is 192 Å². The van der Waals surface area contributed by atoms with Crippen molar-refractivity contribution in [2.75, 3.05) is 32.2 Å². The summed E-state index contributed by atoms with van der Waals surface area (Å²) in [7, 11) is 0. The van der Waals surface area contributed by atoms with Crippen LogP contribution < -0.4 is 11.3 Å². The number of nitrogens with one attached hydrogen (secondary N) is 1. The molecular weight excluding hydrogens is 458 g/mol. The Morgan fingerprint density at radius 2 is 2.09 bits per heavy atom. The zero-order valence-corrected chi connectivity index (χ0v) is 18.5. The van der Waals surface area contributed by atoms with Gasteiger partial charge in [-0.1, -0.05) is 0 Å². The third-order valence-corrected chi connectivity index (χ3v) is 5.23. The standard InChI is InChI=1S/C19H27N5O10/c1-9(26)32-6-11(33-10(2)27)3-4-31-7-19(15(29)14(28)12(5-25)34-19)24-8-21-13-16(24)22-18(20)23-17(13)30/h8,11-12,14-15,25,28-29H,3-7H2,1-2H3,(H3,20,22,23,30)/t11?,12-,14-,15-,19-/m1/s1. The summed E-state index contributed by atoms with van der Waals surface area (Å²) >= 11 is 0. The molecule has 0 spiro atoms. The Balaban J connectivity index is 1.84. The average Bonchev–Trinajstić information content (AvgIpc) is 3.29. The van der Waals surface area contributed by atoms with E-state index >= 15 is 0 Å². The molecule has 1 fully saturated rings. The van der Waals surface area contributed by atoms with Crippen LogP contribution in [0.2, 0.25) is 0 Å². The third-order valence-electron chi connectivity index (χ3n) is 5.23. The van der Waals surface area contributed by atoms with Crippen molar-refractivity contribution >= 4 is 29.1 Å². The van der Waals surface area contributed by atoms with E-state index in [-0.39, 0.29) is 43.4 Å². The van der Waals surface area contributed by atoms with Crippen LogP contribution in [0.5, 0.6) is 0 Å². The molecule has 1 saturated heterocycles. The Morgan fingerprint density at radius 1 is 1.35 bits per heavy atom. The van der Waals surface area contributed by atoms with Crippen LogP contribution in [0.3, 0.4) is 0 Å². The molecule has 1 aliphatic heterocycles. The van der Waals surface area contributed by atoms with Gasteiger partial charge in [-0.15, -0.1) is 0 Å². The molecule has 15 heteroatoms. The fraction of sp³-hybridized carbons (Fsp3) is 0.632. The molecule has 0 aliphatic carbocycles. The number of aliphatic hydroxyl groups excluding tert-OH is 3. The lowest BCUT2D eigenvalue weighted by Gasteiger charge is -2.33. The molecule has 0 aromatic carbocycles. The summed E-state index contributed by atoms with van der Waals surface area (Å²) in [6, 6.07) is 0. The van der Waals surface area contributed by atoms with Gasteiger partial charge < -0.3 is 40.0 Å². The van der Waals surface area contributed by atoms with Crippen molar-refractivity contribution in [3.8, 4) is 0 Å². The van der Waals surface area contributed by atoms with Crippen molar-refractivity contribution in [1.82, 2.24) is 19.5 Å². The van der Waals surface area contributed by atoms with E-state index in [2.05, 4.69) is 15.0 Å². The number of fused-ring (bicyclic) bond motifs is 1. The second-order valence-electron chi connectivity index (χ2n) is 7.73. The lowest BCUT2D eigenvalue weighted by Crippen LogP contribution is -2.49. The van der Waals surface area contributed by atoms with Gasteiger partial charge in [0.1, 0.15) is 31.0 Å². The maximum Gasteiger partial charge on any atom is 0.303 e. The van der Waals surface area contributed by atoms with Gasteiger partial charge in [0.05, 0.1) is 26.1 Å². The molecule has 0 radical (unpaired) electrons. The number of imidazole rings is 1. The molecule has 2 aromatic heterocycles. The van der Waals surface area contributed by atoms with Gasteiger partial charge in [-0.2, -0.15) is 4.98 Å². The van der Waals surface area contributed by atoms with Gasteiger partial charge in [0.2, 0.25) is 5.95 Å². The SMILES string of the molecule is CC(=O)OCC(CCOC[C@@]1(n2cnc3c(=O)[nH]c(N)nc32)O[C@H](CO)[C@@H](O)[C@H]1O)OC(C)=O. The smallest absolute Gasteiger partial charge is 0.303 e. The Kier molecular flexibility index (Phi) is 7.83. The highest BCUT2D eigenvalue weighted by molar-refractivity contribution is 5.71.